The average Bonchev–Trinajstić information content (AvgIpc) is 2.04. The van der Waals surface area contributed by atoms with E-state index < -0.39 is 6.09 Å². The summed E-state index contributed by atoms with van der Waals surface area (Å²) in [6.07, 6.45) is -0.917. The fourth-order valence-corrected chi connectivity index (χ4v) is 1.42. The molecule has 0 bridgehead atoms. The van der Waals surface area contributed by atoms with Crippen LogP contribution in [0.15, 0.2) is 28.7 Å². The molecule has 4 heteroatoms. The monoisotopic (exact) mass is 243 g/mol. The predicted molar refractivity (Wildman–Crippen MR) is 53.6 cm³/mol. The van der Waals surface area contributed by atoms with Gasteiger partial charge in [0.15, 0.2) is 0 Å². The summed E-state index contributed by atoms with van der Waals surface area (Å²) >= 11 is 3.32. The molecule has 0 spiro atoms. The Hall–Kier alpha value is -1.03. The van der Waals surface area contributed by atoms with E-state index in [-0.39, 0.29) is 0 Å². The van der Waals surface area contributed by atoms with Gasteiger partial charge in [0.25, 0.3) is 0 Å². The summed E-state index contributed by atoms with van der Waals surface area (Å²) in [4.78, 5) is 11.7. The van der Waals surface area contributed by atoms with E-state index in [0.29, 0.717) is 6.54 Å². The Labute approximate surface area is 85.1 Å². The molecule has 0 aromatic heterocycles. The van der Waals surface area contributed by atoms with Crippen LogP contribution in [0, 0.1) is 0 Å². The van der Waals surface area contributed by atoms with Crippen molar-refractivity contribution >= 4 is 22.0 Å². The lowest BCUT2D eigenvalue weighted by Gasteiger charge is -2.12. The number of carbonyl (C=O) groups is 1. The molecule has 0 radical (unpaired) electrons. The zero-order chi connectivity index (χ0) is 9.84. The fourth-order valence-electron chi connectivity index (χ4n) is 0.977. The molecule has 0 aliphatic carbocycles. The van der Waals surface area contributed by atoms with Crippen LogP contribution in [-0.2, 0) is 6.54 Å². The fraction of sp³-hybridized carbons (Fsp3) is 0.222. The minimum Gasteiger partial charge on any atom is -0.465 e. The van der Waals surface area contributed by atoms with Crippen molar-refractivity contribution < 1.29 is 9.90 Å². The molecule has 0 heterocycles. The van der Waals surface area contributed by atoms with E-state index in [4.69, 9.17) is 5.11 Å². The Morgan fingerprint density at radius 2 is 2.31 bits per heavy atom. The van der Waals surface area contributed by atoms with Gasteiger partial charge in [0.05, 0.1) is 0 Å². The van der Waals surface area contributed by atoms with Gasteiger partial charge in [0.1, 0.15) is 0 Å². The van der Waals surface area contributed by atoms with Crippen molar-refractivity contribution in [2.75, 3.05) is 7.05 Å². The minimum atomic E-state index is -0.917. The molecule has 70 valence electrons. The van der Waals surface area contributed by atoms with Gasteiger partial charge in [-0.05, 0) is 17.7 Å². The summed E-state index contributed by atoms with van der Waals surface area (Å²) < 4.78 is 0.962. The third kappa shape index (κ3) is 3.06. The number of hydrogen-bond acceptors (Lipinski definition) is 1. The van der Waals surface area contributed by atoms with Crippen molar-refractivity contribution in [2.45, 2.75) is 6.54 Å². The van der Waals surface area contributed by atoms with E-state index in [1.165, 1.54) is 4.90 Å². The van der Waals surface area contributed by atoms with Crippen molar-refractivity contribution in [3.05, 3.63) is 34.3 Å². The molecule has 0 saturated heterocycles. The van der Waals surface area contributed by atoms with Gasteiger partial charge in [-0.25, -0.2) is 4.79 Å². The molecular formula is C9H10BrNO2. The molecule has 1 rings (SSSR count). The van der Waals surface area contributed by atoms with Gasteiger partial charge in [-0.1, -0.05) is 28.1 Å². The first kappa shape index (κ1) is 10.1. The molecule has 0 saturated carbocycles. The van der Waals surface area contributed by atoms with Crippen LogP contribution in [0.4, 0.5) is 4.79 Å². The Bertz CT molecular complexity index is 314. The van der Waals surface area contributed by atoms with Crippen LogP contribution in [0.3, 0.4) is 0 Å². The number of amides is 1. The topological polar surface area (TPSA) is 40.5 Å². The van der Waals surface area contributed by atoms with Gasteiger partial charge in [-0.2, -0.15) is 0 Å². The first-order chi connectivity index (χ1) is 6.09. The molecule has 0 aliphatic rings. The second kappa shape index (κ2) is 4.28. The highest BCUT2D eigenvalue weighted by atomic mass is 79.9. The van der Waals surface area contributed by atoms with E-state index >= 15 is 0 Å². The van der Waals surface area contributed by atoms with E-state index in [2.05, 4.69) is 15.9 Å². The van der Waals surface area contributed by atoms with Crippen LogP contribution < -0.4 is 0 Å². The van der Waals surface area contributed by atoms with Crippen LogP contribution in [0.25, 0.3) is 0 Å². The van der Waals surface area contributed by atoms with E-state index in [1.54, 1.807) is 7.05 Å². The van der Waals surface area contributed by atoms with Crippen LogP contribution in [-0.4, -0.2) is 23.1 Å². The molecule has 0 atom stereocenters. The molecule has 1 N–H and O–H groups in total. The number of carboxylic acid groups (broad SMARTS) is 1. The summed E-state index contributed by atoms with van der Waals surface area (Å²) in [6, 6.07) is 7.59. The van der Waals surface area contributed by atoms with Crippen molar-refractivity contribution in [1.82, 2.24) is 4.90 Å². The Balaban J connectivity index is 2.69. The zero-order valence-corrected chi connectivity index (χ0v) is 8.78. The number of benzene rings is 1. The number of rotatable bonds is 2. The number of halogens is 1. The van der Waals surface area contributed by atoms with Crippen LogP contribution in [0.2, 0.25) is 0 Å². The largest absolute Gasteiger partial charge is 0.465 e. The number of hydrogen-bond donors (Lipinski definition) is 1. The normalized spacial score (nSPS) is 9.69. The van der Waals surface area contributed by atoms with Gasteiger partial charge in [-0.15, -0.1) is 0 Å². The highest BCUT2D eigenvalue weighted by Gasteiger charge is 2.05. The van der Waals surface area contributed by atoms with E-state index in [0.717, 1.165) is 10.0 Å². The molecule has 1 aromatic carbocycles. The first-order valence-corrected chi connectivity index (χ1v) is 4.57. The molecule has 3 nitrogen and oxygen atoms in total. The molecule has 13 heavy (non-hydrogen) atoms. The van der Waals surface area contributed by atoms with Gasteiger partial charge in [-0.3, -0.25) is 0 Å². The van der Waals surface area contributed by atoms with E-state index in [1.807, 2.05) is 24.3 Å². The summed E-state index contributed by atoms with van der Waals surface area (Å²) in [6.45, 7) is 0.411. The smallest absolute Gasteiger partial charge is 0.407 e. The van der Waals surface area contributed by atoms with Gasteiger partial charge in [0, 0.05) is 18.1 Å². The molecule has 0 aliphatic heterocycles. The van der Waals surface area contributed by atoms with Gasteiger partial charge >= 0.3 is 6.09 Å². The standard InChI is InChI=1S/C9H10BrNO2/c1-11(9(12)13)6-7-3-2-4-8(10)5-7/h2-5H,6H2,1H3,(H,12,13). The van der Waals surface area contributed by atoms with Crippen molar-refractivity contribution in [1.29, 1.82) is 0 Å². The van der Waals surface area contributed by atoms with Crippen molar-refractivity contribution in [3.8, 4) is 0 Å². The second-order valence-corrected chi connectivity index (χ2v) is 3.68. The van der Waals surface area contributed by atoms with Gasteiger partial charge < -0.3 is 10.0 Å². The quantitative estimate of drug-likeness (QED) is 0.868. The molecule has 1 aromatic rings. The minimum absolute atomic E-state index is 0.411. The molecule has 0 unspecified atom stereocenters. The first-order valence-electron chi connectivity index (χ1n) is 3.78. The number of nitrogens with zero attached hydrogens (tertiary/aromatic N) is 1. The third-order valence-corrected chi connectivity index (χ3v) is 2.13. The van der Waals surface area contributed by atoms with E-state index in [9.17, 15) is 4.79 Å². The average molecular weight is 244 g/mol. The molecule has 1 amide bonds. The lowest BCUT2D eigenvalue weighted by Crippen LogP contribution is -2.23. The second-order valence-electron chi connectivity index (χ2n) is 2.77. The van der Waals surface area contributed by atoms with Crippen molar-refractivity contribution in [3.63, 3.8) is 0 Å². The highest BCUT2D eigenvalue weighted by Crippen LogP contribution is 2.12. The SMILES string of the molecule is CN(Cc1cccc(Br)c1)C(=O)O. The maximum absolute atomic E-state index is 10.5. The summed E-state index contributed by atoms with van der Waals surface area (Å²) in [5.74, 6) is 0. The van der Waals surface area contributed by atoms with Crippen molar-refractivity contribution in [2.24, 2.45) is 0 Å². The summed E-state index contributed by atoms with van der Waals surface area (Å²) in [5, 5.41) is 8.63. The Morgan fingerprint density at radius 1 is 1.62 bits per heavy atom. The summed E-state index contributed by atoms with van der Waals surface area (Å²) in [5.41, 5.74) is 0.972. The lowest BCUT2D eigenvalue weighted by atomic mass is 10.2. The van der Waals surface area contributed by atoms with Crippen LogP contribution >= 0.6 is 15.9 Å². The molecular weight excluding hydrogens is 234 g/mol. The highest BCUT2D eigenvalue weighted by molar-refractivity contribution is 9.10. The maximum atomic E-state index is 10.5. The zero-order valence-electron chi connectivity index (χ0n) is 7.20. The third-order valence-electron chi connectivity index (χ3n) is 1.64. The van der Waals surface area contributed by atoms with Crippen LogP contribution in [0.5, 0.6) is 0 Å². The predicted octanol–water partition coefficient (Wildman–Crippen LogP) is 2.56. The Kier molecular flexibility index (Phi) is 3.31. The lowest BCUT2D eigenvalue weighted by molar-refractivity contribution is 0.153. The Morgan fingerprint density at radius 3 is 2.85 bits per heavy atom. The maximum Gasteiger partial charge on any atom is 0.407 e. The van der Waals surface area contributed by atoms with Gasteiger partial charge in [0.2, 0.25) is 0 Å². The van der Waals surface area contributed by atoms with Crippen LogP contribution in [0.1, 0.15) is 5.56 Å². The molecule has 0 fully saturated rings. The summed E-state index contributed by atoms with van der Waals surface area (Å²) in [7, 11) is 1.54.